The molecule has 0 bridgehead atoms. The first-order valence-electron chi connectivity index (χ1n) is 23.8. The number of aryl methyl sites for hydroxylation is 4. The van der Waals surface area contributed by atoms with Crippen LogP contribution in [-0.4, -0.2) is 127 Å². The van der Waals surface area contributed by atoms with E-state index in [1.807, 2.05) is 13.8 Å². The number of ether oxygens (including phenoxy) is 5. The van der Waals surface area contributed by atoms with Crippen LogP contribution < -0.4 is 37.3 Å². The predicted octanol–water partition coefficient (Wildman–Crippen LogP) is 3.69. The average molecular weight is 1010 g/mol. The maximum absolute atomic E-state index is 13.9. The Morgan fingerprint density at radius 3 is 1.68 bits per heavy atom. The van der Waals surface area contributed by atoms with Gasteiger partial charge < -0.3 is 50.0 Å². The van der Waals surface area contributed by atoms with Gasteiger partial charge >= 0.3 is 5.97 Å². The van der Waals surface area contributed by atoms with Crippen molar-refractivity contribution < 1.29 is 52.5 Å². The van der Waals surface area contributed by atoms with E-state index in [9.17, 15) is 28.8 Å². The number of imidazole rings is 2. The Bertz CT molecular complexity index is 3000. The fraction of sp³-hybridized carbons (Fsp3) is 0.429. The third-order valence-corrected chi connectivity index (χ3v) is 11.4. The highest BCUT2D eigenvalue weighted by Gasteiger charge is 2.24. The van der Waals surface area contributed by atoms with Crippen molar-refractivity contribution in [2.24, 2.45) is 23.1 Å². The Hall–Kier alpha value is -7.96. The van der Waals surface area contributed by atoms with Crippen molar-refractivity contribution in [2.75, 3.05) is 63.9 Å². The van der Waals surface area contributed by atoms with Gasteiger partial charge in [0.15, 0.2) is 0 Å². The molecule has 73 heavy (non-hydrogen) atoms. The lowest BCUT2D eigenvalue weighted by Gasteiger charge is -2.14. The Balaban J connectivity index is 1.25. The Morgan fingerprint density at radius 2 is 1.19 bits per heavy atom. The Morgan fingerprint density at radius 1 is 0.685 bits per heavy atom. The largest absolute Gasteiger partial charge is 0.494 e. The quantitative estimate of drug-likeness (QED) is 0.0254. The molecule has 1 atom stereocenters. The minimum atomic E-state index is -0.752. The molecule has 4 amide bonds. The molecule has 0 unspecified atom stereocenters. The van der Waals surface area contributed by atoms with Gasteiger partial charge in [0.05, 0.1) is 75.1 Å². The lowest BCUT2D eigenvalue weighted by molar-refractivity contribution is -0.149. The summed E-state index contributed by atoms with van der Waals surface area (Å²) in [5.41, 5.74) is 20.4. The van der Waals surface area contributed by atoms with Gasteiger partial charge in [-0.1, -0.05) is 19.1 Å². The predicted molar refractivity (Wildman–Crippen MR) is 269 cm³/mol. The van der Waals surface area contributed by atoms with Gasteiger partial charge in [0.1, 0.15) is 39.7 Å². The number of carbonyl (C=O) groups is 6. The molecule has 0 fully saturated rings. The van der Waals surface area contributed by atoms with Crippen LogP contribution in [0.1, 0.15) is 93.1 Å². The number of nitrogens with two attached hydrogens (primary N) is 3. The fourth-order valence-electron chi connectivity index (χ4n) is 7.86. The summed E-state index contributed by atoms with van der Waals surface area (Å²) < 4.78 is 34.6. The number of rotatable bonds is 29. The molecule has 0 radical (unpaired) electrons. The first kappa shape index (κ1) is 54.4. The molecule has 4 heterocycles. The molecule has 0 saturated carbocycles. The molecule has 8 N–H and O–H groups in total. The number of aromatic nitrogens is 8. The highest BCUT2D eigenvalue weighted by molar-refractivity contribution is 6.05. The maximum Gasteiger partial charge on any atom is 0.309 e. The first-order chi connectivity index (χ1) is 35.1. The van der Waals surface area contributed by atoms with Gasteiger partial charge in [-0.3, -0.25) is 48.8 Å². The molecule has 0 aliphatic rings. The van der Waals surface area contributed by atoms with Gasteiger partial charge in [-0.15, -0.1) is 0 Å². The molecular weight excluding hydrogens is 947 g/mol. The number of nitrogens with zero attached hydrogens (tertiary/aromatic N) is 8. The highest BCUT2D eigenvalue weighted by atomic mass is 16.5. The van der Waals surface area contributed by atoms with Crippen molar-refractivity contribution in [1.82, 2.24) is 38.7 Å². The standard InChI is InChI=1S/C49H63N13O11/c1-7-61-37(23-30(4)57-61)45(66)55-48-53-35-25-32(43(51)64)27-39(69-6)41(35)59(48)14-9-10-15-60-42-36(54-49(60)56-46(67)38-24-31(5)58-62(38)8-2)26-33(44(52)65)28-40(42)72-16-11-17-73-47(68)29(3)22-34(63)12-18-70-20-21-71-19-13-50/h9-10,23-29H,7-8,11-22,50H2,1-6H3,(H2,51,64)(H2,52,65)(H,53,55,66)(H,54,56,67)/b10-9+/t29-/m1/s1. The molecule has 2 aromatic carbocycles. The lowest BCUT2D eigenvalue weighted by atomic mass is 10.0. The molecule has 0 aliphatic heterocycles. The monoisotopic (exact) mass is 1010 g/mol. The second kappa shape index (κ2) is 25.4. The van der Waals surface area contributed by atoms with E-state index < -0.39 is 35.5 Å². The molecule has 4 aromatic heterocycles. The van der Waals surface area contributed by atoms with E-state index in [0.717, 1.165) is 0 Å². The zero-order valence-electron chi connectivity index (χ0n) is 41.9. The van der Waals surface area contributed by atoms with Gasteiger partial charge in [0.2, 0.25) is 23.7 Å². The summed E-state index contributed by atoms with van der Waals surface area (Å²) >= 11 is 0. The molecule has 6 aromatic rings. The highest BCUT2D eigenvalue weighted by Crippen LogP contribution is 2.33. The summed E-state index contributed by atoms with van der Waals surface area (Å²) in [6.07, 6.45) is 3.95. The van der Waals surface area contributed by atoms with Crippen molar-refractivity contribution in [2.45, 2.75) is 80.1 Å². The molecule has 390 valence electrons. The number of Topliss-reactive ketones (excluding diaryl/α,β-unsaturated/α-hetero) is 1. The van der Waals surface area contributed by atoms with E-state index >= 15 is 0 Å². The van der Waals surface area contributed by atoms with Crippen molar-refractivity contribution in [1.29, 1.82) is 0 Å². The second-order valence-electron chi connectivity index (χ2n) is 16.8. The Kier molecular flexibility index (Phi) is 18.9. The van der Waals surface area contributed by atoms with E-state index in [1.165, 1.54) is 31.4 Å². The number of esters is 1. The number of hydrogen-bond acceptors (Lipinski definition) is 16. The van der Waals surface area contributed by atoms with Gasteiger partial charge in [-0.2, -0.15) is 10.2 Å². The van der Waals surface area contributed by atoms with E-state index in [-0.39, 0.29) is 104 Å². The van der Waals surface area contributed by atoms with Gasteiger partial charge in [0, 0.05) is 63.1 Å². The normalized spacial score (nSPS) is 11.9. The van der Waals surface area contributed by atoms with Crippen molar-refractivity contribution in [3.63, 3.8) is 0 Å². The summed E-state index contributed by atoms with van der Waals surface area (Å²) in [6.45, 7) is 11.7. The number of benzene rings is 2. The number of primary amides is 2. The number of nitrogens with one attached hydrogen (secondary N) is 2. The summed E-state index contributed by atoms with van der Waals surface area (Å²) in [6, 6.07) is 9.27. The topological polar surface area (TPSA) is 322 Å². The van der Waals surface area contributed by atoms with E-state index in [4.69, 9.17) is 45.9 Å². The fourth-order valence-corrected chi connectivity index (χ4v) is 7.86. The second-order valence-corrected chi connectivity index (χ2v) is 16.8. The number of hydrogen-bond donors (Lipinski definition) is 5. The van der Waals surface area contributed by atoms with Crippen LogP contribution in [-0.2, 0) is 50.0 Å². The average Bonchev–Trinajstić information content (AvgIpc) is 4.13. The number of anilines is 2. The smallest absolute Gasteiger partial charge is 0.309 e. The minimum absolute atomic E-state index is 0.00744. The number of ketones is 1. The summed E-state index contributed by atoms with van der Waals surface area (Å²) in [4.78, 5) is 87.3. The molecule has 0 saturated heterocycles. The molecular formula is C49H63N13O11. The summed E-state index contributed by atoms with van der Waals surface area (Å²) in [5.74, 6) is -3.07. The summed E-state index contributed by atoms with van der Waals surface area (Å²) in [5, 5.41) is 14.6. The molecule has 24 nitrogen and oxygen atoms in total. The first-order valence-corrected chi connectivity index (χ1v) is 23.8. The van der Waals surface area contributed by atoms with Crippen molar-refractivity contribution in [3.05, 3.63) is 82.5 Å². The molecule has 0 spiro atoms. The van der Waals surface area contributed by atoms with Crippen LogP contribution in [0.25, 0.3) is 22.1 Å². The van der Waals surface area contributed by atoms with E-state index in [1.54, 1.807) is 63.6 Å². The van der Waals surface area contributed by atoms with Crippen molar-refractivity contribution in [3.8, 4) is 11.5 Å². The molecule has 0 aliphatic carbocycles. The SMILES string of the molecule is CCn1nc(C)cc1C(=O)Nc1nc2cc(C(N)=O)cc(OC)c2n1C/C=C/Cn1c(NC(=O)c2cc(C)nn2CC)nc2cc(C(N)=O)cc(OCCCOC(=O)[C@H](C)CC(=O)CCOCCOCCN)c21. The number of carbonyl (C=O) groups excluding carboxylic acids is 6. The van der Waals surface area contributed by atoms with Gasteiger partial charge in [-0.05, 0) is 64.1 Å². The van der Waals surface area contributed by atoms with Gasteiger partial charge in [0.25, 0.3) is 11.8 Å². The minimum Gasteiger partial charge on any atom is -0.494 e. The Labute approximate surface area is 420 Å². The van der Waals surface area contributed by atoms with E-state index in [2.05, 4.69) is 25.8 Å². The van der Waals surface area contributed by atoms with Crippen LogP contribution in [0.15, 0.2) is 48.6 Å². The number of fused-ring (bicyclic) bond motifs is 2. The number of allylic oxidation sites excluding steroid dienone is 2. The van der Waals surface area contributed by atoms with Crippen LogP contribution in [0.3, 0.4) is 0 Å². The van der Waals surface area contributed by atoms with Gasteiger partial charge in [-0.25, -0.2) is 9.97 Å². The van der Waals surface area contributed by atoms with Crippen molar-refractivity contribution >= 4 is 69.3 Å². The molecule has 6 rings (SSSR count). The third kappa shape index (κ3) is 13.7. The van der Waals surface area contributed by atoms with Crippen LogP contribution in [0.5, 0.6) is 11.5 Å². The van der Waals surface area contributed by atoms with Crippen LogP contribution in [0.2, 0.25) is 0 Å². The number of amides is 4. The van der Waals surface area contributed by atoms with E-state index in [0.29, 0.717) is 73.1 Å². The van der Waals surface area contributed by atoms with Crippen LogP contribution >= 0.6 is 0 Å². The zero-order valence-corrected chi connectivity index (χ0v) is 41.9. The van der Waals surface area contributed by atoms with Crippen LogP contribution in [0, 0.1) is 19.8 Å². The third-order valence-electron chi connectivity index (χ3n) is 11.4. The number of methoxy groups -OCH3 is 1. The lowest BCUT2D eigenvalue weighted by Crippen LogP contribution is -2.20. The zero-order chi connectivity index (χ0) is 52.8. The summed E-state index contributed by atoms with van der Waals surface area (Å²) in [7, 11) is 1.44. The van der Waals surface area contributed by atoms with Crippen LogP contribution in [0.4, 0.5) is 11.9 Å². The maximum atomic E-state index is 13.9. The molecule has 24 heteroatoms.